The van der Waals surface area contributed by atoms with E-state index in [1.165, 1.54) is 19.2 Å². The third-order valence-corrected chi connectivity index (χ3v) is 3.64. The van der Waals surface area contributed by atoms with Crippen LogP contribution >= 0.6 is 0 Å². The van der Waals surface area contributed by atoms with Gasteiger partial charge >= 0.3 is 0 Å². The van der Waals surface area contributed by atoms with Crippen LogP contribution in [0.1, 0.15) is 56.8 Å². The van der Waals surface area contributed by atoms with Crippen LogP contribution in [-0.4, -0.2) is 30.6 Å². The van der Waals surface area contributed by atoms with E-state index in [-0.39, 0.29) is 23.0 Å². The Morgan fingerprint density at radius 2 is 2.00 bits per heavy atom. The number of hydrogen-bond donors (Lipinski definition) is 1. The number of carbonyl (C=O) groups is 1. The largest absolute Gasteiger partial charge is 0.493 e. The first-order valence-corrected chi connectivity index (χ1v) is 8.24. The van der Waals surface area contributed by atoms with Crippen molar-refractivity contribution in [1.82, 2.24) is 5.32 Å². The molecule has 1 rings (SSSR count). The van der Waals surface area contributed by atoms with Gasteiger partial charge in [0.1, 0.15) is 5.56 Å². The van der Waals surface area contributed by atoms with Gasteiger partial charge in [-0.3, -0.25) is 14.9 Å². The maximum absolute atomic E-state index is 12.5. The summed E-state index contributed by atoms with van der Waals surface area (Å²) in [6.45, 7) is 6.16. The van der Waals surface area contributed by atoms with Crippen molar-refractivity contribution in [2.24, 2.45) is 0 Å². The lowest BCUT2D eigenvalue weighted by atomic mass is 10.1. The Morgan fingerprint density at radius 1 is 1.29 bits per heavy atom. The lowest BCUT2D eigenvalue weighted by Gasteiger charge is -2.15. The first-order chi connectivity index (χ1) is 11.4. The molecular formula is C17H26N2O5. The van der Waals surface area contributed by atoms with Crippen molar-refractivity contribution in [1.29, 1.82) is 0 Å². The van der Waals surface area contributed by atoms with Crippen molar-refractivity contribution in [2.75, 3.05) is 13.7 Å². The molecule has 0 aliphatic carbocycles. The van der Waals surface area contributed by atoms with Crippen LogP contribution < -0.4 is 14.8 Å². The molecule has 0 spiro atoms. The zero-order valence-electron chi connectivity index (χ0n) is 14.8. The topological polar surface area (TPSA) is 90.7 Å². The molecular weight excluding hydrogens is 312 g/mol. The van der Waals surface area contributed by atoms with Crippen molar-refractivity contribution in [3.63, 3.8) is 0 Å². The van der Waals surface area contributed by atoms with Crippen LogP contribution in [0.5, 0.6) is 11.5 Å². The third-order valence-electron chi connectivity index (χ3n) is 3.64. The SMILES string of the molecule is CCCCCC(C)NC(=O)c1cc(OCC)c(OC)cc1[N+](=O)[O-]. The first kappa shape index (κ1) is 19.7. The average Bonchev–Trinajstić information content (AvgIpc) is 2.54. The van der Waals surface area contributed by atoms with Gasteiger partial charge in [0.2, 0.25) is 0 Å². The van der Waals surface area contributed by atoms with Crippen LogP contribution in [0.3, 0.4) is 0 Å². The van der Waals surface area contributed by atoms with Crippen LogP contribution in [0.4, 0.5) is 5.69 Å². The number of hydrogen-bond acceptors (Lipinski definition) is 5. The van der Waals surface area contributed by atoms with Crippen LogP contribution in [-0.2, 0) is 0 Å². The molecule has 24 heavy (non-hydrogen) atoms. The number of ether oxygens (including phenoxy) is 2. The molecule has 7 heteroatoms. The van der Waals surface area contributed by atoms with Gasteiger partial charge in [0.25, 0.3) is 11.6 Å². The minimum Gasteiger partial charge on any atom is -0.493 e. The molecule has 1 aromatic carbocycles. The Morgan fingerprint density at radius 3 is 2.54 bits per heavy atom. The summed E-state index contributed by atoms with van der Waals surface area (Å²) < 4.78 is 10.5. The summed E-state index contributed by atoms with van der Waals surface area (Å²) in [5, 5.41) is 14.1. The number of amides is 1. The maximum atomic E-state index is 12.5. The summed E-state index contributed by atoms with van der Waals surface area (Å²) in [4.78, 5) is 23.2. The molecule has 0 bridgehead atoms. The van der Waals surface area contributed by atoms with E-state index < -0.39 is 10.8 Å². The standard InChI is InChI=1S/C17H26N2O5/c1-5-7-8-9-12(3)18-17(20)13-10-16(24-6-2)15(23-4)11-14(13)19(21)22/h10-12H,5-9H2,1-4H3,(H,18,20). The van der Waals surface area contributed by atoms with E-state index in [2.05, 4.69) is 12.2 Å². The highest BCUT2D eigenvalue weighted by molar-refractivity contribution is 5.99. The van der Waals surface area contributed by atoms with Gasteiger partial charge in [-0.15, -0.1) is 0 Å². The number of nitro benzene ring substituents is 1. The maximum Gasteiger partial charge on any atom is 0.286 e. The van der Waals surface area contributed by atoms with Crippen LogP contribution in [0, 0.1) is 10.1 Å². The Bertz CT molecular complexity index is 574. The number of rotatable bonds is 10. The van der Waals surface area contributed by atoms with E-state index in [0.29, 0.717) is 12.4 Å². The zero-order chi connectivity index (χ0) is 18.1. The molecule has 0 aliphatic heterocycles. The van der Waals surface area contributed by atoms with Gasteiger partial charge in [-0.2, -0.15) is 0 Å². The lowest BCUT2D eigenvalue weighted by molar-refractivity contribution is -0.385. The molecule has 0 saturated carbocycles. The normalized spacial score (nSPS) is 11.7. The van der Waals surface area contributed by atoms with E-state index in [4.69, 9.17) is 9.47 Å². The monoisotopic (exact) mass is 338 g/mol. The Labute approximate surface area is 142 Å². The van der Waals surface area contributed by atoms with Gasteiger partial charge < -0.3 is 14.8 Å². The van der Waals surface area contributed by atoms with Crippen molar-refractivity contribution in [3.8, 4) is 11.5 Å². The predicted molar refractivity (Wildman–Crippen MR) is 91.9 cm³/mol. The van der Waals surface area contributed by atoms with Crippen molar-refractivity contribution >= 4 is 11.6 Å². The second-order valence-electron chi connectivity index (χ2n) is 5.58. The number of unbranched alkanes of at least 4 members (excludes halogenated alkanes) is 2. The second-order valence-corrected chi connectivity index (χ2v) is 5.58. The minimum absolute atomic E-state index is 0.0217. The predicted octanol–water partition coefficient (Wildman–Crippen LogP) is 3.70. The summed E-state index contributed by atoms with van der Waals surface area (Å²) in [7, 11) is 1.40. The van der Waals surface area contributed by atoms with E-state index >= 15 is 0 Å². The molecule has 7 nitrogen and oxygen atoms in total. The smallest absolute Gasteiger partial charge is 0.286 e. The molecule has 134 valence electrons. The highest BCUT2D eigenvalue weighted by atomic mass is 16.6. The number of nitrogens with one attached hydrogen (secondary N) is 1. The fraction of sp³-hybridized carbons (Fsp3) is 0.588. The summed E-state index contributed by atoms with van der Waals surface area (Å²) in [5.41, 5.74) is -0.319. The van der Waals surface area contributed by atoms with Crippen LogP contribution in [0.2, 0.25) is 0 Å². The molecule has 0 radical (unpaired) electrons. The Balaban J connectivity index is 3.04. The molecule has 0 saturated heterocycles. The van der Waals surface area contributed by atoms with E-state index in [0.717, 1.165) is 25.7 Å². The van der Waals surface area contributed by atoms with Crippen molar-refractivity contribution in [2.45, 2.75) is 52.5 Å². The van der Waals surface area contributed by atoms with Gasteiger partial charge in [0, 0.05) is 12.1 Å². The van der Waals surface area contributed by atoms with Gasteiger partial charge in [0.05, 0.1) is 24.7 Å². The quantitative estimate of drug-likeness (QED) is 0.399. The molecule has 0 heterocycles. The molecule has 1 amide bonds. The fourth-order valence-corrected chi connectivity index (χ4v) is 2.38. The van der Waals surface area contributed by atoms with Crippen LogP contribution in [0.25, 0.3) is 0 Å². The fourth-order valence-electron chi connectivity index (χ4n) is 2.38. The minimum atomic E-state index is -0.588. The number of methoxy groups -OCH3 is 1. The van der Waals surface area contributed by atoms with Gasteiger partial charge in [-0.05, 0) is 20.3 Å². The Hall–Kier alpha value is -2.31. The molecule has 1 aromatic rings. The summed E-state index contributed by atoms with van der Waals surface area (Å²) >= 11 is 0. The number of nitrogens with zero attached hydrogens (tertiary/aromatic N) is 1. The van der Waals surface area contributed by atoms with E-state index in [1.807, 2.05) is 6.92 Å². The zero-order valence-corrected chi connectivity index (χ0v) is 14.8. The number of carbonyl (C=O) groups excluding carboxylic acids is 1. The summed E-state index contributed by atoms with van der Waals surface area (Å²) in [6.07, 6.45) is 4.04. The molecule has 1 N–H and O–H groups in total. The van der Waals surface area contributed by atoms with E-state index in [1.54, 1.807) is 6.92 Å². The summed E-state index contributed by atoms with van der Waals surface area (Å²) in [6, 6.07) is 2.54. The van der Waals surface area contributed by atoms with Gasteiger partial charge in [0.15, 0.2) is 11.5 Å². The molecule has 0 fully saturated rings. The van der Waals surface area contributed by atoms with Crippen molar-refractivity contribution in [3.05, 3.63) is 27.8 Å². The third kappa shape index (κ3) is 5.40. The lowest BCUT2D eigenvalue weighted by Crippen LogP contribution is -2.33. The highest BCUT2D eigenvalue weighted by Gasteiger charge is 2.25. The summed E-state index contributed by atoms with van der Waals surface area (Å²) in [5.74, 6) is 0.0692. The highest BCUT2D eigenvalue weighted by Crippen LogP contribution is 2.34. The average molecular weight is 338 g/mol. The molecule has 0 aliphatic rings. The second kappa shape index (κ2) is 9.75. The number of nitro groups is 1. The van der Waals surface area contributed by atoms with Crippen LogP contribution in [0.15, 0.2) is 12.1 Å². The number of benzene rings is 1. The van der Waals surface area contributed by atoms with E-state index in [9.17, 15) is 14.9 Å². The Kier molecular flexibility index (Phi) is 8.01. The van der Waals surface area contributed by atoms with Gasteiger partial charge in [-0.1, -0.05) is 26.2 Å². The van der Waals surface area contributed by atoms with Gasteiger partial charge in [-0.25, -0.2) is 0 Å². The molecule has 1 atom stereocenters. The first-order valence-electron chi connectivity index (χ1n) is 8.24. The molecule has 0 aromatic heterocycles. The molecule has 1 unspecified atom stereocenters. The van der Waals surface area contributed by atoms with Crippen molar-refractivity contribution < 1.29 is 19.2 Å².